The van der Waals surface area contributed by atoms with E-state index in [0.29, 0.717) is 26.2 Å². The highest BCUT2D eigenvalue weighted by atomic mass is 32.2. The van der Waals surface area contributed by atoms with E-state index in [-0.39, 0.29) is 5.75 Å². The molecule has 0 saturated heterocycles. The van der Waals surface area contributed by atoms with Crippen molar-refractivity contribution in [2.45, 2.75) is 32.7 Å². The van der Waals surface area contributed by atoms with Crippen LogP contribution in [0, 0.1) is 0 Å². The molecule has 0 spiro atoms. The third-order valence-electron chi connectivity index (χ3n) is 4.30. The van der Waals surface area contributed by atoms with E-state index in [9.17, 15) is 8.42 Å². The van der Waals surface area contributed by atoms with Crippen molar-refractivity contribution < 1.29 is 13.2 Å². The maximum absolute atomic E-state index is 11.2. The SMILES string of the molecule is CCCc1nc2cnc3ccccc3c2n1CCOCCCS(C)(=O)=O. The minimum absolute atomic E-state index is 0.165. The molecule has 6 nitrogen and oxygen atoms in total. The maximum atomic E-state index is 11.2. The summed E-state index contributed by atoms with van der Waals surface area (Å²) in [5.74, 6) is 1.21. The summed E-state index contributed by atoms with van der Waals surface area (Å²) in [4.78, 5) is 9.27. The third kappa shape index (κ3) is 4.40. The Morgan fingerprint density at radius 3 is 2.73 bits per heavy atom. The Bertz CT molecular complexity index is 996. The second-order valence-corrected chi connectivity index (χ2v) is 8.79. The Morgan fingerprint density at radius 2 is 1.96 bits per heavy atom. The molecule has 0 atom stereocenters. The highest BCUT2D eigenvalue weighted by Crippen LogP contribution is 2.25. The van der Waals surface area contributed by atoms with Gasteiger partial charge in [0.15, 0.2) is 0 Å². The van der Waals surface area contributed by atoms with Crippen LogP contribution in [-0.4, -0.2) is 48.2 Å². The van der Waals surface area contributed by atoms with Crippen molar-refractivity contribution in [2.24, 2.45) is 0 Å². The van der Waals surface area contributed by atoms with E-state index >= 15 is 0 Å². The first-order chi connectivity index (χ1) is 12.5. The second-order valence-electron chi connectivity index (χ2n) is 6.53. The number of hydrogen-bond acceptors (Lipinski definition) is 5. The monoisotopic (exact) mass is 375 g/mol. The summed E-state index contributed by atoms with van der Waals surface area (Å²) in [6.45, 7) is 3.81. The number of para-hydroxylation sites is 1. The first kappa shape index (κ1) is 18.8. The van der Waals surface area contributed by atoms with E-state index in [1.165, 1.54) is 6.26 Å². The molecule has 3 aromatic rings. The molecule has 2 heterocycles. The minimum Gasteiger partial charge on any atom is -0.380 e. The Labute approximate surface area is 154 Å². The normalized spacial score (nSPS) is 12.2. The molecule has 26 heavy (non-hydrogen) atoms. The quantitative estimate of drug-likeness (QED) is 0.538. The summed E-state index contributed by atoms with van der Waals surface area (Å²) < 4.78 is 30.2. The largest absolute Gasteiger partial charge is 0.380 e. The molecule has 0 fully saturated rings. The molecule has 2 aromatic heterocycles. The van der Waals surface area contributed by atoms with Crippen molar-refractivity contribution in [2.75, 3.05) is 25.2 Å². The Kier molecular flexibility index (Phi) is 5.88. The van der Waals surface area contributed by atoms with Crippen molar-refractivity contribution in [3.05, 3.63) is 36.3 Å². The van der Waals surface area contributed by atoms with E-state index in [1.54, 1.807) is 0 Å². The van der Waals surface area contributed by atoms with Gasteiger partial charge in [0, 0.05) is 31.2 Å². The van der Waals surface area contributed by atoms with Crippen LogP contribution in [0.2, 0.25) is 0 Å². The van der Waals surface area contributed by atoms with Crippen LogP contribution in [0.3, 0.4) is 0 Å². The summed E-state index contributed by atoms with van der Waals surface area (Å²) in [6, 6.07) is 8.08. The Balaban J connectivity index is 1.79. The maximum Gasteiger partial charge on any atom is 0.147 e. The number of nitrogens with zero attached hydrogens (tertiary/aromatic N) is 3. The van der Waals surface area contributed by atoms with Gasteiger partial charge in [-0.3, -0.25) is 4.98 Å². The summed E-state index contributed by atoms with van der Waals surface area (Å²) in [5, 5.41) is 1.09. The smallest absolute Gasteiger partial charge is 0.147 e. The van der Waals surface area contributed by atoms with Crippen molar-refractivity contribution in [3.63, 3.8) is 0 Å². The van der Waals surface area contributed by atoms with Gasteiger partial charge in [0.05, 0.1) is 29.6 Å². The van der Waals surface area contributed by atoms with Crippen LogP contribution in [0.1, 0.15) is 25.6 Å². The van der Waals surface area contributed by atoms with E-state index in [4.69, 9.17) is 9.72 Å². The predicted molar refractivity (Wildman–Crippen MR) is 104 cm³/mol. The lowest BCUT2D eigenvalue weighted by atomic mass is 10.2. The van der Waals surface area contributed by atoms with Gasteiger partial charge in [0.2, 0.25) is 0 Å². The topological polar surface area (TPSA) is 74.1 Å². The van der Waals surface area contributed by atoms with Gasteiger partial charge >= 0.3 is 0 Å². The van der Waals surface area contributed by atoms with Gasteiger partial charge in [-0.05, 0) is 18.9 Å². The van der Waals surface area contributed by atoms with Gasteiger partial charge in [-0.2, -0.15) is 0 Å². The molecule has 0 bridgehead atoms. The summed E-state index contributed by atoms with van der Waals surface area (Å²) in [5.41, 5.74) is 2.96. The van der Waals surface area contributed by atoms with Gasteiger partial charge in [0.1, 0.15) is 21.2 Å². The Morgan fingerprint density at radius 1 is 1.15 bits per heavy atom. The van der Waals surface area contributed by atoms with Crippen LogP contribution >= 0.6 is 0 Å². The number of pyridine rings is 1. The number of aryl methyl sites for hydroxylation is 1. The van der Waals surface area contributed by atoms with Gasteiger partial charge in [-0.25, -0.2) is 13.4 Å². The fourth-order valence-electron chi connectivity index (χ4n) is 3.15. The zero-order valence-corrected chi connectivity index (χ0v) is 16.1. The number of sulfone groups is 1. The molecule has 0 aliphatic carbocycles. The van der Waals surface area contributed by atoms with Crippen molar-refractivity contribution >= 4 is 31.8 Å². The number of fused-ring (bicyclic) bond motifs is 3. The summed E-state index contributed by atoms with van der Waals surface area (Å²) >= 11 is 0. The van der Waals surface area contributed by atoms with Crippen LogP contribution in [0.25, 0.3) is 21.9 Å². The molecule has 0 aliphatic heterocycles. The molecule has 1 aromatic carbocycles. The average Bonchev–Trinajstić information content (AvgIpc) is 2.95. The van der Waals surface area contributed by atoms with Gasteiger partial charge in [-0.1, -0.05) is 25.1 Å². The predicted octanol–water partition coefficient (Wildman–Crippen LogP) is 2.99. The van der Waals surface area contributed by atoms with E-state index in [0.717, 1.165) is 40.6 Å². The fraction of sp³-hybridized carbons (Fsp3) is 0.474. The highest BCUT2D eigenvalue weighted by molar-refractivity contribution is 7.90. The lowest BCUT2D eigenvalue weighted by molar-refractivity contribution is 0.127. The molecule has 0 radical (unpaired) electrons. The summed E-state index contributed by atoms with van der Waals surface area (Å²) in [7, 11) is -2.92. The van der Waals surface area contributed by atoms with Crippen molar-refractivity contribution in [1.82, 2.24) is 14.5 Å². The molecule has 0 unspecified atom stereocenters. The molecule has 0 amide bonds. The average molecular weight is 375 g/mol. The molecule has 0 saturated carbocycles. The van der Waals surface area contributed by atoms with Crippen LogP contribution in [0.4, 0.5) is 0 Å². The van der Waals surface area contributed by atoms with Crippen molar-refractivity contribution in [1.29, 1.82) is 0 Å². The zero-order chi connectivity index (χ0) is 18.6. The van der Waals surface area contributed by atoms with Crippen LogP contribution < -0.4 is 0 Å². The van der Waals surface area contributed by atoms with E-state index in [1.807, 2.05) is 24.4 Å². The van der Waals surface area contributed by atoms with Gasteiger partial charge in [-0.15, -0.1) is 0 Å². The first-order valence-electron chi connectivity index (χ1n) is 8.98. The standard InChI is InChI=1S/C19H25N3O3S/c1-3-7-18-21-17-14-20-16-9-5-4-8-15(16)19(17)22(18)10-12-25-11-6-13-26(2,23)24/h4-5,8-9,14H,3,6-7,10-13H2,1-2H3. The molecular formula is C19H25N3O3S. The van der Waals surface area contributed by atoms with E-state index < -0.39 is 9.84 Å². The minimum atomic E-state index is -2.92. The number of benzene rings is 1. The molecule has 0 N–H and O–H groups in total. The summed E-state index contributed by atoms with van der Waals surface area (Å²) in [6.07, 6.45) is 5.53. The van der Waals surface area contributed by atoms with Crippen LogP contribution in [0.15, 0.2) is 30.5 Å². The lowest BCUT2D eigenvalue weighted by Gasteiger charge is -2.11. The zero-order valence-electron chi connectivity index (χ0n) is 15.3. The van der Waals surface area contributed by atoms with Gasteiger partial charge in [0.25, 0.3) is 0 Å². The Hall–Kier alpha value is -1.99. The lowest BCUT2D eigenvalue weighted by Crippen LogP contribution is -2.12. The molecule has 140 valence electrons. The molecule has 7 heteroatoms. The number of hydrogen-bond donors (Lipinski definition) is 0. The molecular weight excluding hydrogens is 350 g/mol. The molecule has 3 rings (SSSR count). The van der Waals surface area contributed by atoms with E-state index in [2.05, 4.69) is 22.5 Å². The number of imidazole rings is 1. The molecule has 0 aliphatic rings. The van der Waals surface area contributed by atoms with Crippen molar-refractivity contribution in [3.8, 4) is 0 Å². The third-order valence-corrected chi connectivity index (χ3v) is 5.33. The van der Waals surface area contributed by atoms with Gasteiger partial charge < -0.3 is 9.30 Å². The number of ether oxygens (including phenoxy) is 1. The number of rotatable bonds is 9. The van der Waals surface area contributed by atoms with Crippen LogP contribution in [-0.2, 0) is 27.5 Å². The number of aromatic nitrogens is 3. The first-order valence-corrected chi connectivity index (χ1v) is 11.0. The second kappa shape index (κ2) is 8.14. The highest BCUT2D eigenvalue weighted by Gasteiger charge is 2.13. The van der Waals surface area contributed by atoms with Crippen LogP contribution in [0.5, 0.6) is 0 Å². The fourth-order valence-corrected chi connectivity index (χ4v) is 3.79.